The van der Waals surface area contributed by atoms with E-state index in [-0.39, 0.29) is 12.5 Å². The first-order valence-corrected chi connectivity index (χ1v) is 6.23. The van der Waals surface area contributed by atoms with E-state index in [1.807, 2.05) is 18.7 Å². The smallest absolute Gasteiger partial charge is 0.236 e. The van der Waals surface area contributed by atoms with Crippen LogP contribution in [0, 0.1) is 19.8 Å². The number of nitrogens with zero attached hydrogens (tertiary/aromatic N) is 3. The topological polar surface area (TPSA) is 72.1 Å². The Morgan fingerprint density at radius 2 is 1.94 bits per heavy atom. The van der Waals surface area contributed by atoms with E-state index in [0.29, 0.717) is 23.4 Å². The van der Waals surface area contributed by atoms with Crippen molar-refractivity contribution >= 4 is 23.3 Å². The van der Waals surface area contributed by atoms with Crippen LogP contribution in [0.25, 0.3) is 0 Å². The van der Waals surface area contributed by atoms with Crippen molar-refractivity contribution in [3.8, 4) is 0 Å². The third-order valence-corrected chi connectivity index (χ3v) is 3.03. The lowest BCUT2D eigenvalue weighted by atomic mass is 10.1. The largest absolute Gasteiger partial charge is 0.368 e. The Labute approximate surface area is 112 Å². The first-order chi connectivity index (χ1) is 8.32. The van der Waals surface area contributed by atoms with Crippen LogP contribution in [0.2, 0.25) is 5.15 Å². The Bertz CT molecular complexity index is 448. The van der Waals surface area contributed by atoms with Crippen molar-refractivity contribution in [2.24, 2.45) is 11.7 Å². The molecule has 0 spiro atoms. The number of rotatable bonds is 5. The minimum Gasteiger partial charge on any atom is -0.368 e. The number of aromatic nitrogens is 2. The third-order valence-electron chi connectivity index (χ3n) is 2.67. The summed E-state index contributed by atoms with van der Waals surface area (Å²) in [5, 5.41) is 8.37. The van der Waals surface area contributed by atoms with E-state index in [9.17, 15) is 4.79 Å². The van der Waals surface area contributed by atoms with E-state index in [2.05, 4.69) is 24.0 Å². The maximum absolute atomic E-state index is 11.1. The Kier molecular flexibility index (Phi) is 4.90. The van der Waals surface area contributed by atoms with Crippen molar-refractivity contribution in [3.63, 3.8) is 0 Å². The fourth-order valence-electron chi connectivity index (χ4n) is 1.72. The van der Waals surface area contributed by atoms with Gasteiger partial charge in [0.2, 0.25) is 5.91 Å². The zero-order valence-electron chi connectivity index (χ0n) is 11.2. The molecule has 0 radical (unpaired) electrons. The van der Waals surface area contributed by atoms with Crippen LogP contribution >= 0.6 is 11.6 Å². The summed E-state index contributed by atoms with van der Waals surface area (Å²) >= 11 is 5.92. The molecule has 1 rings (SSSR count). The maximum atomic E-state index is 11.1. The molecule has 0 aliphatic carbocycles. The van der Waals surface area contributed by atoms with Crippen LogP contribution in [0.5, 0.6) is 0 Å². The van der Waals surface area contributed by atoms with Crippen molar-refractivity contribution in [2.75, 3.05) is 18.0 Å². The molecule has 1 heterocycles. The van der Waals surface area contributed by atoms with Crippen LogP contribution < -0.4 is 10.6 Å². The van der Waals surface area contributed by atoms with E-state index in [1.165, 1.54) is 0 Å². The molecule has 0 saturated heterocycles. The quantitative estimate of drug-likeness (QED) is 0.884. The van der Waals surface area contributed by atoms with Gasteiger partial charge in [-0.05, 0) is 30.9 Å². The molecule has 0 fully saturated rings. The molecular weight excluding hydrogens is 252 g/mol. The van der Waals surface area contributed by atoms with Gasteiger partial charge in [-0.1, -0.05) is 25.4 Å². The molecule has 0 unspecified atom stereocenters. The number of primary amides is 1. The van der Waals surface area contributed by atoms with Gasteiger partial charge in [0.25, 0.3) is 0 Å². The fraction of sp³-hybridized carbons (Fsp3) is 0.583. The molecule has 0 bridgehead atoms. The van der Waals surface area contributed by atoms with Gasteiger partial charge in [0.1, 0.15) is 0 Å². The van der Waals surface area contributed by atoms with Crippen molar-refractivity contribution in [2.45, 2.75) is 27.7 Å². The molecule has 6 heteroatoms. The Morgan fingerprint density at radius 3 is 2.44 bits per heavy atom. The van der Waals surface area contributed by atoms with Gasteiger partial charge in [-0.3, -0.25) is 4.79 Å². The van der Waals surface area contributed by atoms with Gasteiger partial charge in [0.15, 0.2) is 11.0 Å². The standard InChI is InChI=1S/C12H19ClN4O/c1-7(2)5-17(6-10(14)18)12-9(4)8(3)11(13)15-16-12/h7H,5-6H2,1-4H3,(H2,14,18). The normalized spacial score (nSPS) is 10.8. The van der Waals surface area contributed by atoms with Crippen molar-refractivity contribution in [3.05, 3.63) is 16.3 Å². The molecule has 0 saturated carbocycles. The second-order valence-corrected chi connectivity index (χ2v) is 5.16. The molecule has 1 aromatic heterocycles. The van der Waals surface area contributed by atoms with Crippen molar-refractivity contribution in [1.82, 2.24) is 10.2 Å². The van der Waals surface area contributed by atoms with Crippen molar-refractivity contribution < 1.29 is 4.79 Å². The third kappa shape index (κ3) is 3.57. The highest BCUT2D eigenvalue weighted by Crippen LogP contribution is 2.24. The highest BCUT2D eigenvalue weighted by atomic mass is 35.5. The number of halogens is 1. The summed E-state index contributed by atoms with van der Waals surface area (Å²) in [6.45, 7) is 8.76. The maximum Gasteiger partial charge on any atom is 0.236 e. The summed E-state index contributed by atoms with van der Waals surface area (Å²) in [6.07, 6.45) is 0. The number of hydrogen-bond acceptors (Lipinski definition) is 4. The van der Waals surface area contributed by atoms with Gasteiger partial charge in [-0.2, -0.15) is 0 Å². The lowest BCUT2D eigenvalue weighted by molar-refractivity contribution is -0.116. The fourth-order valence-corrected chi connectivity index (χ4v) is 1.90. The highest BCUT2D eigenvalue weighted by Gasteiger charge is 2.17. The summed E-state index contributed by atoms with van der Waals surface area (Å²) in [5.74, 6) is 0.676. The molecule has 0 aromatic carbocycles. The van der Waals surface area contributed by atoms with E-state index in [4.69, 9.17) is 17.3 Å². The van der Waals surface area contributed by atoms with Crippen LogP contribution in [0.1, 0.15) is 25.0 Å². The van der Waals surface area contributed by atoms with Gasteiger partial charge in [0.05, 0.1) is 6.54 Å². The zero-order chi connectivity index (χ0) is 13.9. The van der Waals surface area contributed by atoms with Gasteiger partial charge < -0.3 is 10.6 Å². The number of carbonyl (C=O) groups is 1. The summed E-state index contributed by atoms with van der Waals surface area (Å²) in [7, 11) is 0. The monoisotopic (exact) mass is 270 g/mol. The number of anilines is 1. The van der Waals surface area contributed by atoms with Gasteiger partial charge in [-0.25, -0.2) is 0 Å². The Hall–Kier alpha value is -1.36. The predicted octanol–water partition coefficient (Wildman–Crippen LogP) is 1.69. The van der Waals surface area contributed by atoms with E-state index < -0.39 is 0 Å². The van der Waals surface area contributed by atoms with E-state index >= 15 is 0 Å². The Morgan fingerprint density at radius 1 is 1.33 bits per heavy atom. The number of hydrogen-bond donors (Lipinski definition) is 1. The summed E-state index contributed by atoms with van der Waals surface area (Å²) in [5.41, 5.74) is 7.07. The van der Waals surface area contributed by atoms with Gasteiger partial charge in [-0.15, -0.1) is 10.2 Å². The predicted molar refractivity (Wildman–Crippen MR) is 72.8 cm³/mol. The van der Waals surface area contributed by atoms with Crippen molar-refractivity contribution in [1.29, 1.82) is 0 Å². The first-order valence-electron chi connectivity index (χ1n) is 5.85. The molecule has 0 atom stereocenters. The summed E-state index contributed by atoms with van der Waals surface area (Å²) in [6, 6.07) is 0. The van der Waals surface area contributed by atoms with Crippen LogP contribution in [-0.4, -0.2) is 29.2 Å². The second kappa shape index (κ2) is 6.00. The molecule has 2 N–H and O–H groups in total. The number of nitrogens with two attached hydrogens (primary N) is 1. The summed E-state index contributed by atoms with van der Waals surface area (Å²) < 4.78 is 0. The minimum absolute atomic E-state index is 0.134. The van der Waals surface area contributed by atoms with Gasteiger partial charge >= 0.3 is 0 Å². The molecule has 100 valence electrons. The lowest BCUT2D eigenvalue weighted by Crippen LogP contribution is -2.37. The molecular formula is C12H19ClN4O. The summed E-state index contributed by atoms with van der Waals surface area (Å²) in [4.78, 5) is 13.0. The molecule has 1 aromatic rings. The first kappa shape index (κ1) is 14.7. The molecule has 0 aliphatic heterocycles. The van der Waals surface area contributed by atoms with E-state index in [1.54, 1.807) is 0 Å². The molecule has 1 amide bonds. The van der Waals surface area contributed by atoms with Crippen LogP contribution in [0.15, 0.2) is 0 Å². The average Bonchev–Trinajstić information content (AvgIpc) is 2.24. The molecule has 18 heavy (non-hydrogen) atoms. The second-order valence-electron chi connectivity index (χ2n) is 4.81. The minimum atomic E-state index is -0.385. The molecule has 0 aliphatic rings. The average molecular weight is 271 g/mol. The van der Waals surface area contributed by atoms with Crippen LogP contribution in [-0.2, 0) is 4.79 Å². The van der Waals surface area contributed by atoms with Crippen LogP contribution in [0.4, 0.5) is 5.82 Å². The Balaban J connectivity index is 3.12. The SMILES string of the molecule is Cc1c(Cl)nnc(N(CC(N)=O)CC(C)C)c1C. The van der Waals surface area contributed by atoms with Crippen LogP contribution in [0.3, 0.4) is 0 Å². The number of carbonyl (C=O) groups excluding carboxylic acids is 1. The molecule has 5 nitrogen and oxygen atoms in total. The zero-order valence-corrected chi connectivity index (χ0v) is 12.0. The van der Waals surface area contributed by atoms with Gasteiger partial charge in [0, 0.05) is 6.54 Å². The lowest BCUT2D eigenvalue weighted by Gasteiger charge is -2.25. The highest BCUT2D eigenvalue weighted by molar-refractivity contribution is 6.30. The van der Waals surface area contributed by atoms with E-state index in [0.717, 1.165) is 11.1 Å². The number of amides is 1.